The Morgan fingerprint density at radius 2 is 2.16 bits per heavy atom. The maximum absolute atomic E-state index is 11.9. The molecule has 1 fully saturated rings. The average Bonchev–Trinajstić information content (AvgIpc) is 2.34. The maximum atomic E-state index is 11.9. The molecule has 1 aliphatic rings. The molecule has 1 rings (SSSR count). The molecule has 2 N–H and O–H groups in total. The van der Waals surface area contributed by atoms with Crippen molar-refractivity contribution in [3.63, 3.8) is 0 Å². The molecule has 0 spiro atoms. The zero-order valence-corrected chi connectivity index (χ0v) is 11.6. The van der Waals surface area contributed by atoms with Crippen molar-refractivity contribution in [1.29, 1.82) is 0 Å². The van der Waals surface area contributed by atoms with Gasteiger partial charge < -0.3 is 24.8 Å². The molecule has 0 aromatic heterocycles. The first-order chi connectivity index (χ1) is 8.81. The van der Waals surface area contributed by atoms with Gasteiger partial charge in [-0.25, -0.2) is 4.79 Å². The van der Waals surface area contributed by atoms with Crippen molar-refractivity contribution < 1.29 is 24.2 Å². The maximum Gasteiger partial charge on any atom is 0.410 e. The van der Waals surface area contributed by atoms with E-state index in [-0.39, 0.29) is 18.7 Å². The van der Waals surface area contributed by atoms with Gasteiger partial charge in [-0.2, -0.15) is 0 Å². The number of ether oxygens (including phenoxy) is 2. The third kappa shape index (κ3) is 5.89. The molecule has 0 unspecified atom stereocenters. The topological polar surface area (TPSA) is 88.1 Å². The minimum atomic E-state index is -0.553. The van der Waals surface area contributed by atoms with E-state index >= 15 is 0 Å². The number of carbonyl (C=O) groups is 2. The summed E-state index contributed by atoms with van der Waals surface area (Å²) in [7, 11) is 0. The number of nitrogens with zero attached hydrogens (tertiary/aromatic N) is 1. The van der Waals surface area contributed by atoms with Crippen LogP contribution in [0.15, 0.2) is 0 Å². The average molecular weight is 274 g/mol. The van der Waals surface area contributed by atoms with E-state index in [1.54, 1.807) is 4.90 Å². The van der Waals surface area contributed by atoms with Gasteiger partial charge in [0.15, 0.2) is 0 Å². The number of hydrogen-bond donors (Lipinski definition) is 2. The Balaban J connectivity index is 2.41. The zero-order valence-electron chi connectivity index (χ0n) is 11.6. The zero-order chi connectivity index (χ0) is 14.5. The van der Waals surface area contributed by atoms with Crippen molar-refractivity contribution in [2.24, 2.45) is 0 Å². The highest BCUT2D eigenvalue weighted by atomic mass is 16.6. The third-order valence-corrected chi connectivity index (χ3v) is 2.46. The summed E-state index contributed by atoms with van der Waals surface area (Å²) in [5, 5.41) is 11.1. The Bertz CT molecular complexity index is 327. The van der Waals surface area contributed by atoms with E-state index in [4.69, 9.17) is 14.6 Å². The van der Waals surface area contributed by atoms with Gasteiger partial charge in [0.05, 0.1) is 19.3 Å². The number of hydrogen-bond acceptors (Lipinski definition) is 5. The fourth-order valence-corrected chi connectivity index (χ4v) is 1.62. The molecule has 0 aromatic rings. The number of nitrogens with one attached hydrogen (secondary N) is 1. The van der Waals surface area contributed by atoms with Crippen LogP contribution in [0.1, 0.15) is 20.8 Å². The fraction of sp³-hybridized carbons (Fsp3) is 0.833. The number of amides is 2. The second kappa shape index (κ2) is 6.72. The molecule has 1 aliphatic heterocycles. The van der Waals surface area contributed by atoms with Crippen LogP contribution in [-0.2, 0) is 14.3 Å². The first-order valence-corrected chi connectivity index (χ1v) is 6.29. The lowest BCUT2D eigenvalue weighted by Crippen LogP contribution is -2.51. The normalized spacial score (nSPS) is 20.0. The van der Waals surface area contributed by atoms with Crippen LogP contribution in [0.2, 0.25) is 0 Å². The lowest BCUT2D eigenvalue weighted by atomic mass is 10.2. The van der Waals surface area contributed by atoms with Crippen molar-refractivity contribution in [2.45, 2.75) is 32.5 Å². The second-order valence-electron chi connectivity index (χ2n) is 5.38. The van der Waals surface area contributed by atoms with Crippen molar-refractivity contribution in [2.75, 3.05) is 32.8 Å². The van der Waals surface area contributed by atoms with Gasteiger partial charge in [0, 0.05) is 13.1 Å². The van der Waals surface area contributed by atoms with Gasteiger partial charge in [-0.05, 0) is 20.8 Å². The SMILES string of the molecule is CC(C)(C)OC(=O)N1CCO[C@H](CNC(=O)CO)C1. The molecule has 7 nitrogen and oxygen atoms in total. The van der Waals surface area contributed by atoms with E-state index in [0.717, 1.165) is 0 Å². The van der Waals surface area contributed by atoms with Gasteiger partial charge >= 0.3 is 6.09 Å². The number of rotatable bonds is 3. The van der Waals surface area contributed by atoms with Crippen molar-refractivity contribution in [1.82, 2.24) is 10.2 Å². The lowest BCUT2D eigenvalue weighted by molar-refractivity contribution is -0.124. The van der Waals surface area contributed by atoms with E-state index in [0.29, 0.717) is 19.7 Å². The minimum absolute atomic E-state index is 0.263. The Kier molecular flexibility index (Phi) is 5.56. The van der Waals surface area contributed by atoms with Gasteiger partial charge in [0.2, 0.25) is 5.91 Å². The number of morpholine rings is 1. The first kappa shape index (κ1) is 15.7. The summed E-state index contributed by atoms with van der Waals surface area (Å²) in [6, 6.07) is 0. The van der Waals surface area contributed by atoms with Crippen LogP contribution in [-0.4, -0.2) is 66.6 Å². The molecule has 0 aliphatic carbocycles. The molecule has 110 valence electrons. The van der Waals surface area contributed by atoms with Crippen molar-refractivity contribution in [3.8, 4) is 0 Å². The summed E-state index contributed by atoms with van der Waals surface area (Å²) in [6.07, 6.45) is -0.661. The van der Waals surface area contributed by atoms with Gasteiger partial charge in [0.25, 0.3) is 0 Å². The van der Waals surface area contributed by atoms with Crippen LogP contribution < -0.4 is 5.32 Å². The molecular weight excluding hydrogens is 252 g/mol. The van der Waals surface area contributed by atoms with E-state index in [1.807, 2.05) is 20.8 Å². The van der Waals surface area contributed by atoms with Gasteiger partial charge in [-0.15, -0.1) is 0 Å². The van der Waals surface area contributed by atoms with Crippen LogP contribution in [0, 0.1) is 0 Å². The first-order valence-electron chi connectivity index (χ1n) is 6.29. The molecule has 0 radical (unpaired) electrons. The third-order valence-electron chi connectivity index (χ3n) is 2.46. The Hall–Kier alpha value is -1.34. The number of carbonyl (C=O) groups excluding carboxylic acids is 2. The van der Waals surface area contributed by atoms with E-state index < -0.39 is 18.1 Å². The Morgan fingerprint density at radius 1 is 1.47 bits per heavy atom. The predicted molar refractivity (Wildman–Crippen MR) is 67.6 cm³/mol. The monoisotopic (exact) mass is 274 g/mol. The predicted octanol–water partition coefficient (Wildman–Crippen LogP) is -0.269. The molecule has 0 bridgehead atoms. The molecule has 0 aromatic carbocycles. The summed E-state index contributed by atoms with van der Waals surface area (Å²) in [5.41, 5.74) is -0.532. The summed E-state index contributed by atoms with van der Waals surface area (Å²) in [6.45, 7) is 6.37. The molecule has 7 heteroatoms. The van der Waals surface area contributed by atoms with Gasteiger partial charge in [-0.3, -0.25) is 4.79 Å². The smallest absolute Gasteiger partial charge is 0.410 e. The summed E-state index contributed by atoms with van der Waals surface area (Å²) >= 11 is 0. The van der Waals surface area contributed by atoms with E-state index in [9.17, 15) is 9.59 Å². The van der Waals surface area contributed by atoms with Crippen molar-refractivity contribution >= 4 is 12.0 Å². The molecule has 19 heavy (non-hydrogen) atoms. The minimum Gasteiger partial charge on any atom is -0.444 e. The number of aliphatic hydroxyl groups is 1. The number of aliphatic hydroxyl groups excluding tert-OH is 1. The van der Waals surface area contributed by atoms with Crippen LogP contribution in [0.25, 0.3) is 0 Å². The van der Waals surface area contributed by atoms with E-state index in [2.05, 4.69) is 5.32 Å². The van der Waals surface area contributed by atoms with Crippen LogP contribution >= 0.6 is 0 Å². The highest BCUT2D eigenvalue weighted by Crippen LogP contribution is 2.12. The highest BCUT2D eigenvalue weighted by molar-refractivity contribution is 5.76. The largest absolute Gasteiger partial charge is 0.444 e. The summed E-state index contributed by atoms with van der Waals surface area (Å²) < 4.78 is 10.7. The molecule has 0 saturated carbocycles. The Morgan fingerprint density at radius 3 is 2.74 bits per heavy atom. The fourth-order valence-electron chi connectivity index (χ4n) is 1.62. The molecule has 2 amide bonds. The van der Waals surface area contributed by atoms with Crippen LogP contribution in [0.3, 0.4) is 0 Å². The highest BCUT2D eigenvalue weighted by Gasteiger charge is 2.28. The van der Waals surface area contributed by atoms with Crippen molar-refractivity contribution in [3.05, 3.63) is 0 Å². The molecular formula is C12H22N2O5. The Labute approximate surface area is 112 Å². The lowest BCUT2D eigenvalue weighted by Gasteiger charge is -2.34. The standard InChI is InChI=1S/C12H22N2O5/c1-12(2,3)19-11(17)14-4-5-18-9(7-14)6-13-10(16)8-15/h9,15H,4-8H2,1-3H3,(H,13,16)/t9-/m1/s1. The van der Waals surface area contributed by atoms with Gasteiger partial charge in [-0.1, -0.05) is 0 Å². The second-order valence-corrected chi connectivity index (χ2v) is 5.38. The summed E-state index contributed by atoms with van der Waals surface area (Å²) in [4.78, 5) is 24.4. The van der Waals surface area contributed by atoms with Crippen LogP contribution in [0.4, 0.5) is 4.79 Å². The molecule has 1 atom stereocenters. The summed E-state index contributed by atoms with van der Waals surface area (Å²) in [5.74, 6) is -0.460. The molecule has 1 heterocycles. The quantitative estimate of drug-likeness (QED) is 0.739. The van der Waals surface area contributed by atoms with Crippen LogP contribution in [0.5, 0.6) is 0 Å². The van der Waals surface area contributed by atoms with E-state index in [1.165, 1.54) is 0 Å². The molecule has 1 saturated heterocycles. The van der Waals surface area contributed by atoms with Gasteiger partial charge in [0.1, 0.15) is 12.2 Å².